The predicted octanol–water partition coefficient (Wildman–Crippen LogP) is 3.20. The van der Waals surface area contributed by atoms with Crippen LogP contribution in [0.15, 0.2) is 34.9 Å². The Hall–Kier alpha value is -2.10. The first-order chi connectivity index (χ1) is 9.19. The molecule has 2 aromatic rings. The van der Waals surface area contributed by atoms with Crippen LogP contribution in [0.1, 0.15) is 30.6 Å². The summed E-state index contributed by atoms with van der Waals surface area (Å²) in [6.45, 7) is 3.79. The predicted molar refractivity (Wildman–Crippen MR) is 71.0 cm³/mol. The molecule has 1 aromatic carbocycles. The minimum absolute atomic E-state index is 0.245. The Morgan fingerprint density at radius 3 is 2.68 bits per heavy atom. The van der Waals surface area contributed by atoms with Crippen LogP contribution in [0.2, 0.25) is 0 Å². The third-order valence-electron chi connectivity index (χ3n) is 3.04. The lowest BCUT2D eigenvalue weighted by Crippen LogP contribution is -2.25. The average Bonchev–Trinajstić information content (AvgIpc) is 2.83. The molecule has 0 saturated carbocycles. The van der Waals surface area contributed by atoms with Gasteiger partial charge < -0.3 is 9.15 Å². The molecule has 1 aromatic heterocycles. The van der Waals surface area contributed by atoms with Gasteiger partial charge in [-0.2, -0.15) is 0 Å². The van der Waals surface area contributed by atoms with Crippen molar-refractivity contribution in [2.45, 2.75) is 20.3 Å². The number of para-hydroxylation sites is 1. The molecule has 1 unspecified atom stereocenters. The van der Waals surface area contributed by atoms with Crippen LogP contribution in [-0.4, -0.2) is 18.4 Å². The number of Topliss-reactive ketones (excluding diaryl/α,β-unsaturated/α-hetero) is 1. The summed E-state index contributed by atoms with van der Waals surface area (Å²) in [5.41, 5.74) is 1.08. The van der Waals surface area contributed by atoms with Crippen molar-refractivity contribution in [3.63, 3.8) is 0 Å². The Kier molecular flexibility index (Phi) is 4.00. The standard InChI is InChI=1S/C15H16O4/c1-3-10(15(17)18-4-2)14(16)12-9-19-13-8-6-5-7-11(12)13/h5-10H,3-4H2,1-2H3. The first-order valence-corrected chi connectivity index (χ1v) is 6.36. The molecule has 19 heavy (non-hydrogen) atoms. The molecule has 100 valence electrons. The Balaban J connectivity index is 2.34. The largest absolute Gasteiger partial charge is 0.465 e. The first-order valence-electron chi connectivity index (χ1n) is 6.36. The van der Waals surface area contributed by atoms with E-state index < -0.39 is 11.9 Å². The second-order valence-corrected chi connectivity index (χ2v) is 4.22. The van der Waals surface area contributed by atoms with E-state index in [9.17, 15) is 9.59 Å². The molecule has 1 heterocycles. The van der Waals surface area contributed by atoms with Gasteiger partial charge in [-0.25, -0.2) is 0 Å². The van der Waals surface area contributed by atoms with Crippen molar-refractivity contribution in [3.8, 4) is 0 Å². The molecule has 1 atom stereocenters. The highest BCUT2D eigenvalue weighted by Gasteiger charge is 2.29. The molecule has 2 rings (SSSR count). The van der Waals surface area contributed by atoms with Gasteiger partial charge in [0.25, 0.3) is 0 Å². The van der Waals surface area contributed by atoms with Crippen molar-refractivity contribution >= 4 is 22.7 Å². The number of esters is 1. The fourth-order valence-corrected chi connectivity index (χ4v) is 2.06. The van der Waals surface area contributed by atoms with Gasteiger partial charge in [-0.15, -0.1) is 0 Å². The number of hydrogen-bond acceptors (Lipinski definition) is 4. The summed E-state index contributed by atoms with van der Waals surface area (Å²) in [5, 5.41) is 0.732. The molecule has 0 aliphatic heterocycles. The van der Waals surface area contributed by atoms with Gasteiger partial charge in [0.05, 0.1) is 12.2 Å². The molecule has 0 fully saturated rings. The fraction of sp³-hybridized carbons (Fsp3) is 0.333. The maximum Gasteiger partial charge on any atom is 0.316 e. The molecule has 4 heteroatoms. The normalized spacial score (nSPS) is 12.3. The number of ketones is 1. The number of hydrogen-bond donors (Lipinski definition) is 0. The highest BCUT2D eigenvalue weighted by atomic mass is 16.5. The van der Waals surface area contributed by atoms with E-state index in [-0.39, 0.29) is 12.4 Å². The van der Waals surface area contributed by atoms with E-state index >= 15 is 0 Å². The molecule has 0 radical (unpaired) electrons. The van der Waals surface area contributed by atoms with Crippen LogP contribution in [0.3, 0.4) is 0 Å². The molecular formula is C15H16O4. The smallest absolute Gasteiger partial charge is 0.316 e. The van der Waals surface area contributed by atoms with Crippen LogP contribution < -0.4 is 0 Å². The van der Waals surface area contributed by atoms with E-state index in [1.165, 1.54) is 6.26 Å². The summed E-state index contributed by atoms with van der Waals surface area (Å²) < 4.78 is 10.3. The molecule has 0 saturated heterocycles. The van der Waals surface area contributed by atoms with E-state index in [1.807, 2.05) is 18.2 Å². The SMILES string of the molecule is CCOC(=O)C(CC)C(=O)c1coc2ccccc12. The van der Waals surface area contributed by atoms with E-state index in [4.69, 9.17) is 9.15 Å². The number of carbonyl (C=O) groups is 2. The quantitative estimate of drug-likeness (QED) is 0.470. The molecule has 4 nitrogen and oxygen atoms in total. The molecule has 0 spiro atoms. The van der Waals surface area contributed by atoms with Crippen LogP contribution in [0.25, 0.3) is 11.0 Å². The van der Waals surface area contributed by atoms with Crippen molar-refractivity contribution in [3.05, 3.63) is 36.1 Å². The Bertz CT molecular complexity index is 597. The Labute approximate surface area is 111 Å². The molecule has 0 aliphatic carbocycles. The fourth-order valence-electron chi connectivity index (χ4n) is 2.06. The second kappa shape index (κ2) is 5.69. The summed E-state index contributed by atoms with van der Waals surface area (Å²) in [6.07, 6.45) is 1.83. The summed E-state index contributed by atoms with van der Waals surface area (Å²) in [5.74, 6) is -1.48. The van der Waals surface area contributed by atoms with Gasteiger partial charge in [0.15, 0.2) is 5.78 Å². The summed E-state index contributed by atoms with van der Waals surface area (Å²) in [6, 6.07) is 7.27. The molecular weight excluding hydrogens is 244 g/mol. The zero-order valence-electron chi connectivity index (χ0n) is 11.0. The van der Waals surface area contributed by atoms with E-state index in [0.717, 1.165) is 5.39 Å². The van der Waals surface area contributed by atoms with E-state index in [0.29, 0.717) is 17.6 Å². The number of ether oxygens (including phenoxy) is 1. The van der Waals surface area contributed by atoms with E-state index in [2.05, 4.69) is 0 Å². The minimum atomic E-state index is -0.763. The summed E-state index contributed by atoms with van der Waals surface area (Å²) in [4.78, 5) is 24.2. The number of furan rings is 1. The third kappa shape index (κ3) is 2.52. The monoisotopic (exact) mass is 260 g/mol. The summed E-state index contributed by atoms with van der Waals surface area (Å²) in [7, 11) is 0. The highest BCUT2D eigenvalue weighted by molar-refractivity contribution is 6.14. The van der Waals surface area contributed by atoms with Gasteiger partial charge in [-0.05, 0) is 19.4 Å². The van der Waals surface area contributed by atoms with E-state index in [1.54, 1.807) is 19.9 Å². The average molecular weight is 260 g/mol. The van der Waals surface area contributed by atoms with Crippen LogP contribution in [0.4, 0.5) is 0 Å². The number of rotatable bonds is 5. The zero-order chi connectivity index (χ0) is 13.8. The van der Waals surface area contributed by atoms with Crippen LogP contribution >= 0.6 is 0 Å². The maximum atomic E-state index is 12.4. The lowest BCUT2D eigenvalue weighted by molar-refractivity contribution is -0.146. The maximum absolute atomic E-state index is 12.4. The van der Waals surface area contributed by atoms with Crippen molar-refractivity contribution < 1.29 is 18.7 Å². The van der Waals surface area contributed by atoms with Gasteiger partial charge in [0.1, 0.15) is 17.8 Å². The van der Waals surface area contributed by atoms with Crippen LogP contribution in [-0.2, 0) is 9.53 Å². The zero-order valence-corrected chi connectivity index (χ0v) is 11.0. The lowest BCUT2D eigenvalue weighted by atomic mass is 9.95. The molecule has 0 amide bonds. The van der Waals surface area contributed by atoms with Gasteiger partial charge in [-0.3, -0.25) is 9.59 Å². The number of carbonyl (C=O) groups excluding carboxylic acids is 2. The van der Waals surface area contributed by atoms with Crippen molar-refractivity contribution in [2.24, 2.45) is 5.92 Å². The van der Waals surface area contributed by atoms with Crippen molar-refractivity contribution in [1.82, 2.24) is 0 Å². The number of benzene rings is 1. The van der Waals surface area contributed by atoms with Crippen molar-refractivity contribution in [1.29, 1.82) is 0 Å². The lowest BCUT2D eigenvalue weighted by Gasteiger charge is -2.11. The van der Waals surface area contributed by atoms with Crippen LogP contribution in [0.5, 0.6) is 0 Å². The van der Waals surface area contributed by atoms with Crippen molar-refractivity contribution in [2.75, 3.05) is 6.61 Å². The minimum Gasteiger partial charge on any atom is -0.465 e. The second-order valence-electron chi connectivity index (χ2n) is 4.22. The van der Waals surface area contributed by atoms with Gasteiger partial charge in [0, 0.05) is 5.39 Å². The number of fused-ring (bicyclic) bond motifs is 1. The summed E-state index contributed by atoms with van der Waals surface area (Å²) >= 11 is 0. The Morgan fingerprint density at radius 2 is 2.00 bits per heavy atom. The Morgan fingerprint density at radius 1 is 1.26 bits per heavy atom. The highest BCUT2D eigenvalue weighted by Crippen LogP contribution is 2.24. The molecule has 0 bridgehead atoms. The van der Waals surface area contributed by atoms with Gasteiger partial charge in [-0.1, -0.05) is 25.1 Å². The first kappa shape index (κ1) is 13.3. The van der Waals surface area contributed by atoms with Crippen LogP contribution in [0, 0.1) is 5.92 Å². The molecule has 0 N–H and O–H groups in total. The topological polar surface area (TPSA) is 56.5 Å². The van der Waals surface area contributed by atoms with Gasteiger partial charge in [0.2, 0.25) is 0 Å². The third-order valence-corrected chi connectivity index (χ3v) is 3.04. The van der Waals surface area contributed by atoms with Gasteiger partial charge >= 0.3 is 5.97 Å². The molecule has 0 aliphatic rings.